The van der Waals surface area contributed by atoms with Crippen molar-refractivity contribution in [2.24, 2.45) is 0 Å². The van der Waals surface area contributed by atoms with E-state index in [1.54, 1.807) is 6.07 Å². The number of fused-ring (bicyclic) bond motifs is 1. The minimum atomic E-state index is 0.476. The van der Waals surface area contributed by atoms with Crippen LogP contribution in [-0.2, 0) is 6.54 Å². The van der Waals surface area contributed by atoms with E-state index < -0.39 is 0 Å². The van der Waals surface area contributed by atoms with Crippen molar-refractivity contribution in [1.82, 2.24) is 14.9 Å². The van der Waals surface area contributed by atoms with E-state index in [4.69, 9.17) is 5.26 Å². The number of pyridine rings is 2. The molecular weight excluding hydrogens is 322 g/mol. The van der Waals surface area contributed by atoms with Crippen LogP contribution in [0, 0.1) is 18.3 Å². The van der Waals surface area contributed by atoms with Gasteiger partial charge in [0.05, 0.1) is 5.52 Å². The van der Waals surface area contributed by atoms with E-state index in [1.165, 1.54) is 16.5 Å². The molecule has 2 aromatic heterocycles. The zero-order valence-corrected chi connectivity index (χ0v) is 14.9. The first kappa shape index (κ1) is 16.5. The van der Waals surface area contributed by atoms with E-state index in [0.717, 1.165) is 44.1 Å². The Bertz CT molecular complexity index is 968. The number of nitriles is 1. The molecule has 1 saturated heterocycles. The highest BCUT2D eigenvalue weighted by molar-refractivity contribution is 5.84. The highest BCUT2D eigenvalue weighted by atomic mass is 15.3. The summed E-state index contributed by atoms with van der Waals surface area (Å²) in [5.74, 6) is 0.897. The SMILES string of the molecule is Cc1ccc(CN2CCN(c3cccc(C#N)n3)CC2)c2cccnc12. The van der Waals surface area contributed by atoms with Gasteiger partial charge in [0.15, 0.2) is 0 Å². The van der Waals surface area contributed by atoms with Crippen LogP contribution in [-0.4, -0.2) is 41.0 Å². The van der Waals surface area contributed by atoms with Gasteiger partial charge < -0.3 is 4.90 Å². The van der Waals surface area contributed by atoms with Crippen LogP contribution >= 0.6 is 0 Å². The van der Waals surface area contributed by atoms with Crippen LogP contribution in [0.15, 0.2) is 48.7 Å². The summed E-state index contributed by atoms with van der Waals surface area (Å²) in [4.78, 5) is 13.7. The summed E-state index contributed by atoms with van der Waals surface area (Å²) in [6, 6.07) is 16.3. The van der Waals surface area contributed by atoms with Crippen molar-refractivity contribution in [3.05, 3.63) is 65.5 Å². The van der Waals surface area contributed by atoms with Gasteiger partial charge in [0.1, 0.15) is 17.6 Å². The monoisotopic (exact) mass is 343 g/mol. The van der Waals surface area contributed by atoms with E-state index in [-0.39, 0.29) is 0 Å². The number of aryl methyl sites for hydroxylation is 1. The van der Waals surface area contributed by atoms with Crippen molar-refractivity contribution < 1.29 is 0 Å². The number of piperazine rings is 1. The van der Waals surface area contributed by atoms with Crippen LogP contribution in [0.2, 0.25) is 0 Å². The Labute approximate surface area is 153 Å². The van der Waals surface area contributed by atoms with Crippen molar-refractivity contribution >= 4 is 16.7 Å². The molecule has 1 aliphatic rings. The fourth-order valence-electron chi connectivity index (χ4n) is 3.55. The Morgan fingerprint density at radius 1 is 1.04 bits per heavy atom. The Morgan fingerprint density at radius 3 is 2.69 bits per heavy atom. The topological polar surface area (TPSA) is 56.0 Å². The first-order valence-electron chi connectivity index (χ1n) is 8.92. The van der Waals surface area contributed by atoms with Crippen molar-refractivity contribution in [2.75, 3.05) is 31.1 Å². The van der Waals surface area contributed by atoms with Gasteiger partial charge in [0.2, 0.25) is 0 Å². The molecule has 4 rings (SSSR count). The summed E-state index contributed by atoms with van der Waals surface area (Å²) < 4.78 is 0. The zero-order chi connectivity index (χ0) is 17.9. The molecule has 0 amide bonds. The second-order valence-corrected chi connectivity index (χ2v) is 6.70. The van der Waals surface area contributed by atoms with E-state index in [9.17, 15) is 0 Å². The molecule has 0 bridgehead atoms. The van der Waals surface area contributed by atoms with Crippen molar-refractivity contribution in [1.29, 1.82) is 5.26 Å². The minimum absolute atomic E-state index is 0.476. The molecule has 1 aromatic carbocycles. The highest BCUT2D eigenvalue weighted by Gasteiger charge is 2.19. The number of nitrogens with zero attached hydrogens (tertiary/aromatic N) is 5. The summed E-state index contributed by atoms with van der Waals surface area (Å²) in [5, 5.41) is 10.3. The Kier molecular flexibility index (Phi) is 4.51. The molecular formula is C21H21N5. The van der Waals surface area contributed by atoms with Gasteiger partial charge in [-0.05, 0) is 36.2 Å². The molecule has 130 valence electrons. The fourth-order valence-corrected chi connectivity index (χ4v) is 3.55. The van der Waals surface area contributed by atoms with E-state index >= 15 is 0 Å². The molecule has 0 unspecified atom stereocenters. The summed E-state index contributed by atoms with van der Waals surface area (Å²) in [7, 11) is 0. The standard InChI is InChI=1S/C21H21N5/c1-16-7-8-17(19-5-3-9-23-21(16)19)15-25-10-12-26(13-11-25)20-6-2-4-18(14-22)24-20/h2-9H,10-13,15H2,1H3. The van der Waals surface area contributed by atoms with Gasteiger partial charge >= 0.3 is 0 Å². The Hall–Kier alpha value is -2.97. The second kappa shape index (κ2) is 7.11. The first-order chi connectivity index (χ1) is 12.7. The van der Waals surface area contributed by atoms with Gasteiger partial charge in [-0.2, -0.15) is 5.26 Å². The second-order valence-electron chi connectivity index (χ2n) is 6.70. The molecule has 0 atom stereocenters. The maximum absolute atomic E-state index is 9.03. The average Bonchev–Trinajstić information content (AvgIpc) is 2.71. The molecule has 0 saturated carbocycles. The Balaban J connectivity index is 1.46. The third-order valence-electron chi connectivity index (χ3n) is 5.00. The van der Waals surface area contributed by atoms with Crippen LogP contribution in [0.5, 0.6) is 0 Å². The predicted octanol–water partition coefficient (Wildman–Crippen LogP) is 3.13. The third kappa shape index (κ3) is 3.24. The molecule has 3 heterocycles. The first-order valence-corrected chi connectivity index (χ1v) is 8.92. The number of rotatable bonds is 3. The molecule has 0 spiro atoms. The summed E-state index contributed by atoms with van der Waals surface area (Å²) >= 11 is 0. The van der Waals surface area contributed by atoms with Crippen molar-refractivity contribution in [2.45, 2.75) is 13.5 Å². The van der Waals surface area contributed by atoms with Crippen LogP contribution in [0.25, 0.3) is 10.9 Å². The van der Waals surface area contributed by atoms with Gasteiger partial charge in [-0.15, -0.1) is 0 Å². The van der Waals surface area contributed by atoms with Gasteiger partial charge in [0, 0.05) is 44.3 Å². The lowest BCUT2D eigenvalue weighted by Crippen LogP contribution is -2.46. The lowest BCUT2D eigenvalue weighted by Gasteiger charge is -2.35. The maximum Gasteiger partial charge on any atom is 0.142 e. The summed E-state index contributed by atoms with van der Waals surface area (Å²) in [5.41, 5.74) is 4.12. The quantitative estimate of drug-likeness (QED) is 0.731. The molecule has 5 heteroatoms. The zero-order valence-electron chi connectivity index (χ0n) is 14.9. The number of hydrogen-bond donors (Lipinski definition) is 0. The van der Waals surface area contributed by atoms with Gasteiger partial charge in [-0.25, -0.2) is 4.98 Å². The van der Waals surface area contributed by atoms with Crippen LogP contribution in [0.3, 0.4) is 0 Å². The summed E-state index contributed by atoms with van der Waals surface area (Å²) in [6.07, 6.45) is 1.86. The Morgan fingerprint density at radius 2 is 1.88 bits per heavy atom. The normalized spacial score (nSPS) is 15.2. The molecule has 0 N–H and O–H groups in total. The van der Waals surface area contributed by atoms with E-state index in [1.807, 2.05) is 24.4 Å². The molecule has 1 fully saturated rings. The molecule has 0 aliphatic carbocycles. The van der Waals surface area contributed by atoms with Crippen LogP contribution in [0.4, 0.5) is 5.82 Å². The predicted molar refractivity (Wildman–Crippen MR) is 103 cm³/mol. The largest absolute Gasteiger partial charge is 0.354 e. The summed E-state index contributed by atoms with van der Waals surface area (Å²) in [6.45, 7) is 6.85. The number of benzene rings is 1. The number of hydrogen-bond acceptors (Lipinski definition) is 5. The van der Waals surface area contributed by atoms with Crippen LogP contribution in [0.1, 0.15) is 16.8 Å². The van der Waals surface area contributed by atoms with Crippen molar-refractivity contribution in [3.8, 4) is 6.07 Å². The lowest BCUT2D eigenvalue weighted by atomic mass is 10.0. The third-order valence-corrected chi connectivity index (χ3v) is 5.00. The van der Waals surface area contributed by atoms with Gasteiger partial charge in [-0.1, -0.05) is 24.3 Å². The lowest BCUT2D eigenvalue weighted by molar-refractivity contribution is 0.250. The molecule has 1 aliphatic heterocycles. The molecule has 5 nitrogen and oxygen atoms in total. The average molecular weight is 343 g/mol. The highest BCUT2D eigenvalue weighted by Crippen LogP contribution is 2.22. The van der Waals surface area contributed by atoms with Crippen LogP contribution < -0.4 is 4.90 Å². The molecule has 26 heavy (non-hydrogen) atoms. The van der Waals surface area contributed by atoms with Crippen molar-refractivity contribution in [3.63, 3.8) is 0 Å². The molecule has 3 aromatic rings. The van der Waals surface area contributed by atoms with Gasteiger partial charge in [-0.3, -0.25) is 9.88 Å². The van der Waals surface area contributed by atoms with E-state index in [2.05, 4.69) is 51.0 Å². The van der Waals surface area contributed by atoms with Gasteiger partial charge in [0.25, 0.3) is 0 Å². The minimum Gasteiger partial charge on any atom is -0.354 e. The molecule has 0 radical (unpaired) electrons. The smallest absolute Gasteiger partial charge is 0.142 e. The van der Waals surface area contributed by atoms with E-state index in [0.29, 0.717) is 5.69 Å². The maximum atomic E-state index is 9.03. The number of anilines is 1. The fraction of sp³-hybridized carbons (Fsp3) is 0.286. The number of aromatic nitrogens is 2.